The Balaban J connectivity index is 1.99. The standard InChI is InChI=1S/C17H14F2N4/c1-17(2,3)15-21-16-20-9-11(10-23(16)22-15)4-5-12-8-13(18)6-7-14(12)19/h6-10H,1-3H3. The van der Waals surface area contributed by atoms with Gasteiger partial charge in [-0.05, 0) is 18.2 Å². The van der Waals surface area contributed by atoms with Gasteiger partial charge in [0.15, 0.2) is 5.82 Å². The summed E-state index contributed by atoms with van der Waals surface area (Å²) in [7, 11) is 0. The summed E-state index contributed by atoms with van der Waals surface area (Å²) in [6, 6.07) is 3.16. The van der Waals surface area contributed by atoms with Crippen LogP contribution < -0.4 is 0 Å². The Morgan fingerprint density at radius 2 is 1.91 bits per heavy atom. The van der Waals surface area contributed by atoms with Crippen molar-refractivity contribution in [3.8, 4) is 11.8 Å². The molecular formula is C17H14F2N4. The zero-order chi connectivity index (χ0) is 16.6. The summed E-state index contributed by atoms with van der Waals surface area (Å²) < 4.78 is 28.2. The average molecular weight is 312 g/mol. The van der Waals surface area contributed by atoms with Gasteiger partial charge in [0.25, 0.3) is 5.78 Å². The van der Waals surface area contributed by atoms with Gasteiger partial charge in [-0.25, -0.2) is 18.3 Å². The van der Waals surface area contributed by atoms with Crippen LogP contribution in [-0.4, -0.2) is 19.6 Å². The second kappa shape index (κ2) is 5.43. The lowest BCUT2D eigenvalue weighted by Crippen LogP contribution is -2.13. The normalized spacial score (nSPS) is 11.3. The molecule has 0 aliphatic heterocycles. The number of fused-ring (bicyclic) bond motifs is 1. The minimum absolute atomic E-state index is 0.000863. The molecule has 0 bridgehead atoms. The topological polar surface area (TPSA) is 43.1 Å². The maximum Gasteiger partial charge on any atom is 0.252 e. The van der Waals surface area contributed by atoms with Crippen molar-refractivity contribution in [1.29, 1.82) is 0 Å². The van der Waals surface area contributed by atoms with Crippen LogP contribution in [0.1, 0.15) is 37.7 Å². The van der Waals surface area contributed by atoms with Crippen LogP contribution in [0.2, 0.25) is 0 Å². The van der Waals surface area contributed by atoms with Crippen molar-refractivity contribution in [3.63, 3.8) is 0 Å². The first kappa shape index (κ1) is 15.1. The third-order valence-electron chi connectivity index (χ3n) is 3.13. The van der Waals surface area contributed by atoms with E-state index in [1.807, 2.05) is 20.8 Å². The Morgan fingerprint density at radius 3 is 2.65 bits per heavy atom. The fourth-order valence-electron chi connectivity index (χ4n) is 1.90. The summed E-state index contributed by atoms with van der Waals surface area (Å²) in [5.41, 5.74) is 0.343. The molecule has 0 spiro atoms. The highest BCUT2D eigenvalue weighted by atomic mass is 19.1. The summed E-state index contributed by atoms with van der Waals surface area (Å²) in [5.74, 6) is 5.41. The Labute approximate surface area is 132 Å². The van der Waals surface area contributed by atoms with Crippen LogP contribution in [0.4, 0.5) is 8.78 Å². The third-order valence-corrected chi connectivity index (χ3v) is 3.13. The lowest BCUT2D eigenvalue weighted by Gasteiger charge is -2.11. The Bertz CT molecular complexity index is 943. The van der Waals surface area contributed by atoms with Crippen LogP contribution >= 0.6 is 0 Å². The van der Waals surface area contributed by atoms with Crippen molar-refractivity contribution < 1.29 is 8.78 Å². The highest BCUT2D eigenvalue weighted by Crippen LogP contribution is 2.18. The van der Waals surface area contributed by atoms with Crippen LogP contribution in [0.25, 0.3) is 5.78 Å². The van der Waals surface area contributed by atoms with Crippen molar-refractivity contribution in [2.75, 3.05) is 0 Å². The number of nitrogens with zero attached hydrogens (tertiary/aromatic N) is 4. The molecule has 0 N–H and O–H groups in total. The van der Waals surface area contributed by atoms with E-state index in [-0.39, 0.29) is 11.0 Å². The largest absolute Gasteiger partial charge is 0.252 e. The van der Waals surface area contributed by atoms with Gasteiger partial charge >= 0.3 is 0 Å². The molecule has 1 aromatic carbocycles. The molecule has 3 rings (SSSR count). The first-order valence-electron chi connectivity index (χ1n) is 7.03. The molecule has 0 unspecified atom stereocenters. The van der Waals surface area contributed by atoms with Crippen LogP contribution in [0.3, 0.4) is 0 Å². The zero-order valence-corrected chi connectivity index (χ0v) is 12.9. The Kier molecular flexibility index (Phi) is 3.57. The van der Waals surface area contributed by atoms with Crippen LogP contribution in [0.15, 0.2) is 30.6 Å². The van der Waals surface area contributed by atoms with E-state index in [1.165, 1.54) is 10.7 Å². The van der Waals surface area contributed by atoms with Gasteiger partial charge in [-0.15, -0.1) is 5.10 Å². The van der Waals surface area contributed by atoms with Crippen molar-refractivity contribution in [3.05, 3.63) is 59.2 Å². The fourth-order valence-corrected chi connectivity index (χ4v) is 1.90. The van der Waals surface area contributed by atoms with E-state index in [2.05, 4.69) is 26.9 Å². The minimum Gasteiger partial charge on any atom is -0.218 e. The van der Waals surface area contributed by atoms with Crippen LogP contribution in [0.5, 0.6) is 0 Å². The molecule has 0 fully saturated rings. The second-order valence-corrected chi connectivity index (χ2v) is 6.15. The first-order chi connectivity index (χ1) is 10.8. The van der Waals surface area contributed by atoms with Gasteiger partial charge in [-0.3, -0.25) is 0 Å². The molecule has 116 valence electrons. The number of benzene rings is 1. The van der Waals surface area contributed by atoms with Gasteiger partial charge in [0.2, 0.25) is 0 Å². The molecule has 0 aliphatic rings. The van der Waals surface area contributed by atoms with Crippen LogP contribution in [-0.2, 0) is 5.41 Å². The van der Waals surface area contributed by atoms with Crippen molar-refractivity contribution >= 4 is 5.78 Å². The fraction of sp³-hybridized carbons (Fsp3) is 0.235. The highest BCUT2D eigenvalue weighted by molar-refractivity contribution is 5.43. The predicted octanol–water partition coefficient (Wildman–Crippen LogP) is 3.10. The smallest absolute Gasteiger partial charge is 0.218 e. The molecule has 0 aliphatic carbocycles. The number of halogens is 2. The van der Waals surface area contributed by atoms with E-state index < -0.39 is 11.6 Å². The van der Waals surface area contributed by atoms with E-state index in [9.17, 15) is 8.78 Å². The van der Waals surface area contributed by atoms with Gasteiger partial charge in [-0.1, -0.05) is 32.6 Å². The molecule has 2 aromatic heterocycles. The SMILES string of the molecule is CC(C)(C)c1nc2ncc(C#Cc3cc(F)ccc3F)cn2n1. The molecule has 6 heteroatoms. The van der Waals surface area contributed by atoms with Gasteiger partial charge < -0.3 is 0 Å². The Hall–Kier alpha value is -2.81. The second-order valence-electron chi connectivity index (χ2n) is 6.15. The van der Waals surface area contributed by atoms with Gasteiger partial charge in [0.05, 0.1) is 11.1 Å². The minimum atomic E-state index is -0.566. The van der Waals surface area contributed by atoms with Gasteiger partial charge in [0, 0.05) is 17.8 Å². The lowest BCUT2D eigenvalue weighted by molar-refractivity contribution is 0.545. The third kappa shape index (κ3) is 3.19. The maximum absolute atomic E-state index is 13.5. The summed E-state index contributed by atoms with van der Waals surface area (Å²) in [4.78, 5) is 8.54. The van der Waals surface area contributed by atoms with Gasteiger partial charge in [-0.2, -0.15) is 4.98 Å². The maximum atomic E-state index is 13.5. The predicted molar refractivity (Wildman–Crippen MR) is 81.8 cm³/mol. The molecule has 2 heterocycles. The van der Waals surface area contributed by atoms with Crippen molar-refractivity contribution in [1.82, 2.24) is 19.6 Å². The molecule has 3 aromatic rings. The Morgan fingerprint density at radius 1 is 1.13 bits per heavy atom. The first-order valence-corrected chi connectivity index (χ1v) is 7.03. The number of rotatable bonds is 0. The summed E-state index contributed by atoms with van der Waals surface area (Å²) in [6.45, 7) is 6.03. The monoisotopic (exact) mass is 312 g/mol. The molecule has 23 heavy (non-hydrogen) atoms. The molecular weight excluding hydrogens is 298 g/mol. The van der Waals surface area contributed by atoms with E-state index in [1.54, 1.807) is 6.20 Å². The molecule has 0 saturated carbocycles. The van der Waals surface area contributed by atoms with Crippen molar-refractivity contribution in [2.45, 2.75) is 26.2 Å². The highest BCUT2D eigenvalue weighted by Gasteiger charge is 2.20. The number of aromatic nitrogens is 4. The number of hydrogen-bond acceptors (Lipinski definition) is 3. The average Bonchev–Trinajstić information content (AvgIpc) is 2.91. The lowest BCUT2D eigenvalue weighted by atomic mass is 9.96. The van der Waals surface area contributed by atoms with Gasteiger partial charge in [0.1, 0.15) is 11.6 Å². The van der Waals surface area contributed by atoms with E-state index in [0.29, 0.717) is 17.2 Å². The molecule has 0 radical (unpaired) electrons. The summed E-state index contributed by atoms with van der Waals surface area (Å²) >= 11 is 0. The van der Waals surface area contributed by atoms with E-state index in [0.717, 1.165) is 18.2 Å². The molecule has 4 nitrogen and oxygen atoms in total. The van der Waals surface area contributed by atoms with Crippen molar-refractivity contribution in [2.24, 2.45) is 0 Å². The molecule has 0 saturated heterocycles. The summed E-state index contributed by atoms with van der Waals surface area (Å²) in [5, 5.41) is 4.37. The molecule has 0 atom stereocenters. The van der Waals surface area contributed by atoms with Crippen LogP contribution in [0, 0.1) is 23.5 Å². The quantitative estimate of drug-likeness (QED) is 0.599. The van der Waals surface area contributed by atoms with E-state index >= 15 is 0 Å². The molecule has 0 amide bonds. The van der Waals surface area contributed by atoms with E-state index in [4.69, 9.17) is 0 Å². The zero-order valence-electron chi connectivity index (χ0n) is 12.9. The number of hydrogen-bond donors (Lipinski definition) is 0. The summed E-state index contributed by atoms with van der Waals surface area (Å²) in [6.07, 6.45) is 3.19.